The van der Waals surface area contributed by atoms with E-state index in [0.29, 0.717) is 30.3 Å². The van der Waals surface area contributed by atoms with Crippen LogP contribution in [0.15, 0.2) is 51.8 Å². The fourth-order valence-electron chi connectivity index (χ4n) is 2.63. The van der Waals surface area contributed by atoms with Crippen LogP contribution in [0.3, 0.4) is 0 Å². The van der Waals surface area contributed by atoms with Crippen LogP contribution in [-0.2, 0) is 14.8 Å². The molecule has 0 unspecified atom stereocenters. The zero-order valence-corrected chi connectivity index (χ0v) is 16.2. The smallest absolute Gasteiger partial charge is 0.264 e. The normalized spacial score (nSPS) is 13.8. The number of ether oxygens (including phenoxy) is 1. The molecule has 0 spiro atoms. The molecule has 3 rings (SSSR count). The maximum atomic E-state index is 12.9. The average molecular weight is 425 g/mol. The summed E-state index contributed by atoms with van der Waals surface area (Å²) in [5.74, 6) is 0.354. The van der Waals surface area contributed by atoms with Gasteiger partial charge >= 0.3 is 0 Å². The molecule has 132 valence electrons. The van der Waals surface area contributed by atoms with Gasteiger partial charge in [-0.05, 0) is 42.5 Å². The second-order valence-electron chi connectivity index (χ2n) is 5.60. The topological polar surface area (TPSA) is 66.9 Å². The van der Waals surface area contributed by atoms with Crippen LogP contribution in [0.5, 0.6) is 5.75 Å². The van der Waals surface area contributed by atoms with Crippen LogP contribution in [0.2, 0.25) is 0 Å². The fourth-order valence-corrected chi connectivity index (χ4v) is 4.11. The summed E-state index contributed by atoms with van der Waals surface area (Å²) in [4.78, 5) is 13.4. The predicted octanol–water partition coefficient (Wildman–Crippen LogP) is 3.02. The van der Waals surface area contributed by atoms with Gasteiger partial charge in [-0.1, -0.05) is 15.9 Å². The third-order valence-electron chi connectivity index (χ3n) is 4.02. The summed E-state index contributed by atoms with van der Waals surface area (Å²) >= 11 is 3.33. The molecule has 0 N–H and O–H groups in total. The van der Waals surface area contributed by atoms with Crippen molar-refractivity contribution in [3.8, 4) is 5.75 Å². The van der Waals surface area contributed by atoms with E-state index in [4.69, 9.17) is 4.74 Å². The molecule has 2 aromatic rings. The second kappa shape index (κ2) is 6.68. The van der Waals surface area contributed by atoms with Crippen molar-refractivity contribution in [3.63, 3.8) is 0 Å². The number of rotatable bonds is 3. The quantitative estimate of drug-likeness (QED) is 0.759. The molecule has 0 radical (unpaired) electrons. The van der Waals surface area contributed by atoms with E-state index < -0.39 is 10.0 Å². The van der Waals surface area contributed by atoms with Crippen LogP contribution in [0, 0.1) is 0 Å². The number of anilines is 2. The highest BCUT2D eigenvalue weighted by Gasteiger charge is 2.27. The molecule has 0 aromatic heterocycles. The summed E-state index contributed by atoms with van der Waals surface area (Å²) in [7, 11) is -2.27. The highest BCUT2D eigenvalue weighted by atomic mass is 79.9. The lowest BCUT2D eigenvalue weighted by molar-refractivity contribution is -0.116. The minimum Gasteiger partial charge on any atom is -0.490 e. The van der Waals surface area contributed by atoms with Gasteiger partial charge in [0.25, 0.3) is 10.0 Å². The number of amides is 1. The largest absolute Gasteiger partial charge is 0.490 e. The molecule has 1 aliphatic rings. The van der Waals surface area contributed by atoms with Gasteiger partial charge < -0.3 is 9.64 Å². The lowest BCUT2D eigenvalue weighted by Gasteiger charge is -2.29. The van der Waals surface area contributed by atoms with Crippen LogP contribution >= 0.6 is 15.9 Å². The molecule has 6 nitrogen and oxygen atoms in total. The van der Waals surface area contributed by atoms with Crippen molar-refractivity contribution in [3.05, 3.63) is 46.9 Å². The number of nitrogens with zero attached hydrogens (tertiary/aromatic N) is 2. The number of hydrogen-bond donors (Lipinski definition) is 0. The zero-order chi connectivity index (χ0) is 18.2. The van der Waals surface area contributed by atoms with Gasteiger partial charge in [-0.15, -0.1) is 0 Å². The number of carbonyl (C=O) groups excluding carboxylic acids is 1. The average Bonchev–Trinajstić information content (AvgIpc) is 2.60. The van der Waals surface area contributed by atoms with Crippen molar-refractivity contribution in [1.82, 2.24) is 0 Å². The summed E-state index contributed by atoms with van der Waals surface area (Å²) in [5.41, 5.74) is 1.02. The van der Waals surface area contributed by atoms with E-state index in [1.165, 1.54) is 35.3 Å². The van der Waals surface area contributed by atoms with Crippen LogP contribution in [-0.4, -0.2) is 34.5 Å². The molecule has 2 aromatic carbocycles. The SMILES string of the molecule is CC(=O)N1CCOc2ccc(S(=O)(=O)N(C)c3ccc(Br)cc3)cc21. The van der Waals surface area contributed by atoms with Crippen molar-refractivity contribution in [1.29, 1.82) is 0 Å². The molecule has 0 saturated heterocycles. The maximum Gasteiger partial charge on any atom is 0.264 e. The summed E-state index contributed by atoms with van der Waals surface area (Å²) in [5, 5.41) is 0. The van der Waals surface area contributed by atoms with Crippen LogP contribution in [0.1, 0.15) is 6.92 Å². The lowest BCUT2D eigenvalue weighted by Crippen LogP contribution is -2.36. The maximum absolute atomic E-state index is 12.9. The molecule has 25 heavy (non-hydrogen) atoms. The van der Waals surface area contributed by atoms with E-state index in [0.717, 1.165) is 4.47 Å². The minimum atomic E-state index is -3.76. The molecule has 0 bridgehead atoms. The molecule has 1 amide bonds. The van der Waals surface area contributed by atoms with Gasteiger partial charge in [0.05, 0.1) is 22.8 Å². The summed E-state index contributed by atoms with van der Waals surface area (Å²) < 4.78 is 33.5. The third-order valence-corrected chi connectivity index (χ3v) is 6.33. The molecule has 0 atom stereocenters. The van der Waals surface area contributed by atoms with Gasteiger partial charge in [-0.2, -0.15) is 0 Å². The first-order chi connectivity index (χ1) is 11.8. The van der Waals surface area contributed by atoms with Crippen LogP contribution in [0.25, 0.3) is 0 Å². The Kier molecular flexibility index (Phi) is 4.75. The van der Waals surface area contributed by atoms with E-state index in [2.05, 4.69) is 15.9 Å². The van der Waals surface area contributed by atoms with Crippen molar-refractivity contribution in [2.75, 3.05) is 29.4 Å². The first kappa shape index (κ1) is 17.8. The van der Waals surface area contributed by atoms with E-state index in [1.807, 2.05) is 0 Å². The second-order valence-corrected chi connectivity index (χ2v) is 8.48. The first-order valence-electron chi connectivity index (χ1n) is 7.60. The lowest BCUT2D eigenvalue weighted by atomic mass is 10.2. The Balaban J connectivity index is 2.02. The Bertz CT molecular complexity index is 913. The first-order valence-corrected chi connectivity index (χ1v) is 9.83. The number of halogens is 1. The van der Waals surface area contributed by atoms with Crippen molar-refractivity contribution >= 4 is 43.2 Å². The van der Waals surface area contributed by atoms with Gasteiger partial charge in [0.15, 0.2) is 0 Å². The van der Waals surface area contributed by atoms with Crippen molar-refractivity contribution in [2.24, 2.45) is 0 Å². The van der Waals surface area contributed by atoms with E-state index >= 15 is 0 Å². The van der Waals surface area contributed by atoms with Crippen LogP contribution < -0.4 is 13.9 Å². The molecule has 1 aliphatic heterocycles. The highest BCUT2D eigenvalue weighted by molar-refractivity contribution is 9.10. The molecule has 0 fully saturated rings. The molecule has 8 heteroatoms. The number of sulfonamides is 1. The molecular formula is C17H17BrN2O4S. The minimum absolute atomic E-state index is 0.105. The Morgan fingerprint density at radius 3 is 2.52 bits per heavy atom. The highest BCUT2D eigenvalue weighted by Crippen LogP contribution is 2.35. The molecular weight excluding hydrogens is 408 g/mol. The standard InChI is InChI=1S/C17H17BrN2O4S/c1-12(21)20-9-10-24-17-8-7-15(11-16(17)20)25(22,23)19(2)14-5-3-13(18)4-6-14/h3-8,11H,9-10H2,1-2H3. The van der Waals surface area contributed by atoms with Gasteiger partial charge in [0.1, 0.15) is 12.4 Å². The molecule has 0 saturated carbocycles. The van der Waals surface area contributed by atoms with Crippen LogP contribution in [0.4, 0.5) is 11.4 Å². The monoisotopic (exact) mass is 424 g/mol. The van der Waals surface area contributed by atoms with Crippen molar-refractivity contribution in [2.45, 2.75) is 11.8 Å². The fraction of sp³-hybridized carbons (Fsp3) is 0.235. The van der Waals surface area contributed by atoms with Gasteiger partial charge in [-0.25, -0.2) is 8.42 Å². The number of carbonyl (C=O) groups is 1. The van der Waals surface area contributed by atoms with Gasteiger partial charge in [0, 0.05) is 18.4 Å². The zero-order valence-electron chi connectivity index (χ0n) is 13.8. The summed E-state index contributed by atoms with van der Waals surface area (Å²) in [6, 6.07) is 11.6. The Labute approximate surface area is 155 Å². The third kappa shape index (κ3) is 3.36. The Morgan fingerprint density at radius 2 is 1.88 bits per heavy atom. The summed E-state index contributed by atoms with van der Waals surface area (Å²) in [6.07, 6.45) is 0. The van der Waals surface area contributed by atoms with Gasteiger partial charge in [0.2, 0.25) is 5.91 Å². The molecule has 1 heterocycles. The number of benzene rings is 2. The van der Waals surface area contributed by atoms with Crippen molar-refractivity contribution < 1.29 is 17.9 Å². The number of hydrogen-bond acceptors (Lipinski definition) is 4. The van der Waals surface area contributed by atoms with E-state index in [-0.39, 0.29) is 10.8 Å². The predicted molar refractivity (Wildman–Crippen MR) is 99.7 cm³/mol. The molecule has 0 aliphatic carbocycles. The van der Waals surface area contributed by atoms with E-state index in [9.17, 15) is 13.2 Å². The Morgan fingerprint density at radius 1 is 1.20 bits per heavy atom. The number of fused-ring (bicyclic) bond motifs is 1. The summed E-state index contributed by atoms with van der Waals surface area (Å²) in [6.45, 7) is 2.23. The van der Waals surface area contributed by atoms with E-state index in [1.54, 1.807) is 30.3 Å². The van der Waals surface area contributed by atoms with Gasteiger partial charge in [-0.3, -0.25) is 9.10 Å². The Hall–Kier alpha value is -2.06.